The van der Waals surface area contributed by atoms with Crippen molar-refractivity contribution in [3.05, 3.63) is 48.2 Å². The lowest BCUT2D eigenvalue weighted by atomic mass is 10.1. The van der Waals surface area contributed by atoms with E-state index >= 15 is 0 Å². The molecule has 0 spiro atoms. The molecule has 0 bridgehead atoms. The predicted octanol–water partition coefficient (Wildman–Crippen LogP) is 1.79. The summed E-state index contributed by atoms with van der Waals surface area (Å²) in [5.41, 5.74) is -0.613. The zero-order valence-corrected chi connectivity index (χ0v) is 11.7. The summed E-state index contributed by atoms with van der Waals surface area (Å²) in [4.78, 5) is 24.9. The molecule has 2 aromatic heterocycles. The van der Waals surface area contributed by atoms with Gasteiger partial charge in [-0.2, -0.15) is 13.2 Å². The quantitative estimate of drug-likeness (QED) is 0.861. The van der Waals surface area contributed by atoms with Crippen LogP contribution in [0.2, 0.25) is 0 Å². The van der Waals surface area contributed by atoms with E-state index in [2.05, 4.69) is 15.0 Å². The Hall–Kier alpha value is -2.71. The molecule has 0 saturated carbocycles. The second kappa shape index (κ2) is 5.82. The molecule has 1 fully saturated rings. The van der Waals surface area contributed by atoms with Crippen LogP contribution >= 0.6 is 0 Å². The van der Waals surface area contributed by atoms with Gasteiger partial charge < -0.3 is 9.64 Å². The second-order valence-electron chi connectivity index (χ2n) is 4.92. The maximum absolute atomic E-state index is 12.6. The van der Waals surface area contributed by atoms with Crippen molar-refractivity contribution in [3.8, 4) is 5.88 Å². The molecule has 3 rings (SSSR count). The molecular formula is C14H11F3N4O2. The van der Waals surface area contributed by atoms with E-state index < -0.39 is 17.8 Å². The summed E-state index contributed by atoms with van der Waals surface area (Å²) in [5.74, 6) is -0.411. The van der Waals surface area contributed by atoms with Gasteiger partial charge in [0.1, 0.15) is 11.8 Å². The average Bonchev–Trinajstić information content (AvgIpc) is 2.50. The van der Waals surface area contributed by atoms with Crippen LogP contribution in [0, 0.1) is 0 Å². The molecule has 0 N–H and O–H groups in total. The average molecular weight is 324 g/mol. The molecule has 0 unspecified atom stereocenters. The lowest BCUT2D eigenvalue weighted by Gasteiger charge is -2.38. The molecule has 23 heavy (non-hydrogen) atoms. The van der Waals surface area contributed by atoms with E-state index in [1.165, 1.54) is 23.5 Å². The van der Waals surface area contributed by atoms with Gasteiger partial charge >= 0.3 is 6.18 Å². The van der Waals surface area contributed by atoms with Gasteiger partial charge in [-0.3, -0.25) is 9.78 Å². The van der Waals surface area contributed by atoms with E-state index in [9.17, 15) is 18.0 Å². The van der Waals surface area contributed by atoms with Gasteiger partial charge in [0.05, 0.1) is 24.8 Å². The number of halogens is 3. The SMILES string of the molecule is O=C(c1cnccn1)N1CC(Oc2cc(C(F)(F)F)ccn2)C1. The minimum absolute atomic E-state index is 0.114. The number of aromatic nitrogens is 3. The Morgan fingerprint density at radius 3 is 2.65 bits per heavy atom. The molecule has 2 aromatic rings. The van der Waals surface area contributed by atoms with Crippen molar-refractivity contribution in [3.63, 3.8) is 0 Å². The van der Waals surface area contributed by atoms with Crippen LogP contribution in [-0.4, -0.2) is 45.0 Å². The lowest BCUT2D eigenvalue weighted by molar-refractivity contribution is -0.137. The molecule has 6 nitrogen and oxygen atoms in total. The zero-order chi connectivity index (χ0) is 16.4. The highest BCUT2D eigenvalue weighted by molar-refractivity contribution is 5.92. The summed E-state index contributed by atoms with van der Waals surface area (Å²) in [6, 6.07) is 1.71. The smallest absolute Gasteiger partial charge is 0.416 e. The van der Waals surface area contributed by atoms with Crippen LogP contribution in [0.25, 0.3) is 0 Å². The first-order valence-corrected chi connectivity index (χ1v) is 6.68. The largest absolute Gasteiger partial charge is 0.471 e. The summed E-state index contributed by atoms with van der Waals surface area (Å²) >= 11 is 0. The fourth-order valence-corrected chi connectivity index (χ4v) is 2.07. The molecule has 0 atom stereocenters. The maximum Gasteiger partial charge on any atom is 0.416 e. The number of hydrogen-bond donors (Lipinski definition) is 0. The highest BCUT2D eigenvalue weighted by Gasteiger charge is 2.35. The molecule has 1 saturated heterocycles. The van der Waals surface area contributed by atoms with Crippen molar-refractivity contribution in [2.75, 3.05) is 13.1 Å². The monoisotopic (exact) mass is 324 g/mol. The van der Waals surface area contributed by atoms with Crippen molar-refractivity contribution in [1.82, 2.24) is 19.9 Å². The van der Waals surface area contributed by atoms with Gasteiger partial charge in [0.15, 0.2) is 0 Å². The van der Waals surface area contributed by atoms with Gasteiger partial charge in [0.2, 0.25) is 5.88 Å². The minimum Gasteiger partial charge on any atom is -0.471 e. The minimum atomic E-state index is -4.45. The second-order valence-corrected chi connectivity index (χ2v) is 4.92. The molecule has 1 amide bonds. The first-order valence-electron chi connectivity index (χ1n) is 6.68. The molecule has 3 heterocycles. The number of rotatable bonds is 3. The zero-order valence-electron chi connectivity index (χ0n) is 11.7. The van der Waals surface area contributed by atoms with Crippen LogP contribution in [-0.2, 0) is 6.18 Å². The summed E-state index contributed by atoms with van der Waals surface area (Å²) in [7, 11) is 0. The molecule has 0 aromatic carbocycles. The van der Waals surface area contributed by atoms with Crippen molar-refractivity contribution in [2.24, 2.45) is 0 Å². The van der Waals surface area contributed by atoms with Crippen LogP contribution in [0.5, 0.6) is 5.88 Å². The van der Waals surface area contributed by atoms with Crippen LogP contribution in [0.1, 0.15) is 16.1 Å². The number of carbonyl (C=O) groups is 1. The van der Waals surface area contributed by atoms with Crippen molar-refractivity contribution < 1.29 is 22.7 Å². The molecule has 120 valence electrons. The Morgan fingerprint density at radius 1 is 1.22 bits per heavy atom. The van der Waals surface area contributed by atoms with Crippen molar-refractivity contribution >= 4 is 5.91 Å². The highest BCUT2D eigenvalue weighted by Crippen LogP contribution is 2.31. The number of pyridine rings is 1. The summed E-state index contributed by atoms with van der Waals surface area (Å²) in [6.45, 7) is 0.515. The Bertz CT molecular complexity index is 703. The van der Waals surface area contributed by atoms with Crippen LogP contribution < -0.4 is 4.74 Å². The lowest BCUT2D eigenvalue weighted by Crippen LogP contribution is -2.56. The van der Waals surface area contributed by atoms with Gasteiger partial charge in [0, 0.05) is 24.7 Å². The van der Waals surface area contributed by atoms with E-state index in [0.717, 1.165) is 18.3 Å². The fraction of sp³-hybridized carbons (Fsp3) is 0.286. The Labute approximate surface area is 128 Å². The number of ether oxygens (including phenoxy) is 1. The van der Waals surface area contributed by atoms with Crippen LogP contribution in [0.3, 0.4) is 0 Å². The van der Waals surface area contributed by atoms with Crippen LogP contribution in [0.4, 0.5) is 13.2 Å². The number of hydrogen-bond acceptors (Lipinski definition) is 5. The third-order valence-corrected chi connectivity index (χ3v) is 3.27. The number of likely N-dealkylation sites (tertiary alicyclic amines) is 1. The summed E-state index contributed by atoms with van der Waals surface area (Å²) < 4.78 is 43.2. The molecular weight excluding hydrogens is 313 g/mol. The molecule has 0 radical (unpaired) electrons. The Morgan fingerprint density at radius 2 is 2.00 bits per heavy atom. The first-order chi connectivity index (χ1) is 10.9. The van der Waals surface area contributed by atoms with Crippen molar-refractivity contribution in [1.29, 1.82) is 0 Å². The fourth-order valence-electron chi connectivity index (χ4n) is 2.07. The molecule has 9 heteroatoms. The first kappa shape index (κ1) is 15.2. The van der Waals surface area contributed by atoms with E-state index in [1.807, 2.05) is 0 Å². The number of amides is 1. The van der Waals surface area contributed by atoms with E-state index in [0.29, 0.717) is 0 Å². The summed E-state index contributed by atoms with van der Waals surface area (Å²) in [6.07, 6.45) is 0.413. The molecule has 1 aliphatic rings. The topological polar surface area (TPSA) is 68.2 Å². The van der Waals surface area contributed by atoms with Gasteiger partial charge in [-0.05, 0) is 6.07 Å². The normalized spacial score (nSPS) is 15.2. The molecule has 1 aliphatic heterocycles. The number of nitrogens with zero attached hydrogens (tertiary/aromatic N) is 4. The van der Waals surface area contributed by atoms with E-state index in [4.69, 9.17) is 4.74 Å². The van der Waals surface area contributed by atoms with Crippen LogP contribution in [0.15, 0.2) is 36.9 Å². The van der Waals surface area contributed by atoms with Gasteiger partial charge in [0.25, 0.3) is 5.91 Å². The van der Waals surface area contributed by atoms with E-state index in [1.54, 1.807) is 0 Å². The number of carbonyl (C=O) groups excluding carboxylic acids is 1. The Kier molecular flexibility index (Phi) is 3.85. The Balaban J connectivity index is 1.58. The van der Waals surface area contributed by atoms with E-state index in [-0.39, 0.29) is 30.6 Å². The molecule has 0 aliphatic carbocycles. The van der Waals surface area contributed by atoms with Gasteiger partial charge in [-0.1, -0.05) is 0 Å². The standard InChI is InChI=1S/C14H11F3N4O2/c15-14(16,17)9-1-2-20-12(5-9)23-10-7-21(8-10)13(22)11-6-18-3-4-19-11/h1-6,10H,7-8H2. The number of alkyl halides is 3. The third-order valence-electron chi connectivity index (χ3n) is 3.27. The van der Waals surface area contributed by atoms with Gasteiger partial charge in [-0.25, -0.2) is 9.97 Å². The third kappa shape index (κ3) is 3.38. The van der Waals surface area contributed by atoms with Gasteiger partial charge in [-0.15, -0.1) is 0 Å². The highest BCUT2D eigenvalue weighted by atomic mass is 19.4. The maximum atomic E-state index is 12.6. The predicted molar refractivity (Wildman–Crippen MR) is 71.6 cm³/mol. The van der Waals surface area contributed by atoms with Crippen molar-refractivity contribution in [2.45, 2.75) is 12.3 Å². The summed E-state index contributed by atoms with van der Waals surface area (Å²) in [5, 5.41) is 0.